The fraction of sp³-hybridized carbons (Fsp3) is 0.316. The first-order valence-corrected chi connectivity index (χ1v) is 8.63. The first-order chi connectivity index (χ1) is 11.0. The highest BCUT2D eigenvalue weighted by atomic mass is 79.9. The molecule has 2 aromatic carbocycles. The minimum absolute atomic E-state index is 0.00273. The van der Waals surface area contributed by atoms with Crippen LogP contribution in [0, 0.1) is 6.92 Å². The lowest BCUT2D eigenvalue weighted by Gasteiger charge is -2.14. The lowest BCUT2D eigenvalue weighted by atomic mass is 10.1. The van der Waals surface area contributed by atoms with Gasteiger partial charge in [0, 0.05) is 22.1 Å². The summed E-state index contributed by atoms with van der Waals surface area (Å²) in [6.45, 7) is 6.43. The number of ether oxygens (including phenoxy) is 1. The highest BCUT2D eigenvalue weighted by Gasteiger charge is 2.08. The Morgan fingerprint density at radius 1 is 1.17 bits per heavy atom. The second-order valence-electron chi connectivity index (χ2n) is 5.45. The number of benzene rings is 2. The standard InChI is InChI=1S/C19H22BrNO2/c1-4-14-6-9-18(13(3)10-14)23-12-15-11-16(20)7-8-17(15)21-19(22)5-2/h6-11H,4-5,12H2,1-3H3,(H,21,22). The van der Waals surface area contributed by atoms with Crippen molar-refractivity contribution >= 4 is 27.5 Å². The van der Waals surface area contributed by atoms with Crippen molar-refractivity contribution in [2.24, 2.45) is 0 Å². The van der Waals surface area contributed by atoms with Gasteiger partial charge in [-0.05, 0) is 48.7 Å². The monoisotopic (exact) mass is 375 g/mol. The molecule has 0 fully saturated rings. The largest absolute Gasteiger partial charge is 0.489 e. The van der Waals surface area contributed by atoms with E-state index in [-0.39, 0.29) is 5.91 Å². The van der Waals surface area contributed by atoms with E-state index in [2.05, 4.69) is 47.2 Å². The van der Waals surface area contributed by atoms with Crippen molar-refractivity contribution < 1.29 is 9.53 Å². The summed E-state index contributed by atoms with van der Waals surface area (Å²) in [7, 11) is 0. The van der Waals surface area contributed by atoms with E-state index in [0.29, 0.717) is 13.0 Å². The number of halogens is 1. The summed E-state index contributed by atoms with van der Waals surface area (Å²) in [6, 6.07) is 12.0. The number of carbonyl (C=O) groups is 1. The Bertz CT molecular complexity index is 698. The predicted octanol–water partition coefficient (Wildman–Crippen LogP) is 5.25. The van der Waals surface area contributed by atoms with Crippen LogP contribution in [0.1, 0.15) is 37.0 Å². The van der Waals surface area contributed by atoms with Crippen LogP contribution >= 0.6 is 15.9 Å². The molecule has 0 radical (unpaired) electrons. The molecule has 0 aliphatic rings. The third-order valence-corrected chi connectivity index (χ3v) is 4.19. The molecule has 0 heterocycles. The smallest absolute Gasteiger partial charge is 0.224 e. The molecule has 2 aromatic rings. The number of anilines is 1. The number of aryl methyl sites for hydroxylation is 2. The van der Waals surface area contributed by atoms with Gasteiger partial charge in [-0.15, -0.1) is 0 Å². The van der Waals surface area contributed by atoms with E-state index in [1.54, 1.807) is 0 Å². The Kier molecular flexibility index (Phi) is 6.22. The van der Waals surface area contributed by atoms with Crippen LogP contribution in [0.5, 0.6) is 5.75 Å². The molecule has 0 saturated carbocycles. The maximum absolute atomic E-state index is 11.7. The van der Waals surface area contributed by atoms with Crippen molar-refractivity contribution in [1.29, 1.82) is 0 Å². The Labute approximate surface area is 146 Å². The summed E-state index contributed by atoms with van der Waals surface area (Å²) in [4.78, 5) is 11.7. The summed E-state index contributed by atoms with van der Waals surface area (Å²) in [5.41, 5.74) is 4.16. The summed E-state index contributed by atoms with van der Waals surface area (Å²) in [6.07, 6.45) is 1.47. The van der Waals surface area contributed by atoms with Crippen LogP contribution in [0.25, 0.3) is 0 Å². The van der Waals surface area contributed by atoms with E-state index >= 15 is 0 Å². The fourth-order valence-electron chi connectivity index (χ4n) is 2.29. The zero-order valence-corrected chi connectivity index (χ0v) is 15.4. The van der Waals surface area contributed by atoms with Crippen molar-refractivity contribution in [3.05, 3.63) is 57.6 Å². The quantitative estimate of drug-likeness (QED) is 0.748. The SMILES string of the molecule is CCC(=O)Nc1ccc(Br)cc1COc1ccc(CC)cc1C. The number of hydrogen-bond acceptors (Lipinski definition) is 2. The number of carbonyl (C=O) groups excluding carboxylic acids is 1. The minimum Gasteiger partial charge on any atom is -0.489 e. The van der Waals surface area contributed by atoms with Crippen molar-refractivity contribution in [2.45, 2.75) is 40.2 Å². The Hall–Kier alpha value is -1.81. The van der Waals surface area contributed by atoms with Crippen molar-refractivity contribution in [3.63, 3.8) is 0 Å². The molecule has 0 atom stereocenters. The van der Waals surface area contributed by atoms with E-state index in [0.717, 1.165) is 33.5 Å². The zero-order valence-electron chi connectivity index (χ0n) is 13.8. The van der Waals surface area contributed by atoms with Gasteiger partial charge in [0.1, 0.15) is 12.4 Å². The van der Waals surface area contributed by atoms with Crippen molar-refractivity contribution in [2.75, 3.05) is 5.32 Å². The lowest BCUT2D eigenvalue weighted by Crippen LogP contribution is -2.12. The van der Waals surface area contributed by atoms with Gasteiger partial charge in [-0.2, -0.15) is 0 Å². The first-order valence-electron chi connectivity index (χ1n) is 7.84. The molecule has 122 valence electrons. The Balaban J connectivity index is 2.16. The Morgan fingerprint density at radius 2 is 1.96 bits per heavy atom. The number of rotatable bonds is 6. The second-order valence-corrected chi connectivity index (χ2v) is 6.36. The molecular formula is C19H22BrNO2. The average Bonchev–Trinajstić information content (AvgIpc) is 2.55. The van der Waals surface area contributed by atoms with Crippen molar-refractivity contribution in [1.82, 2.24) is 0 Å². The van der Waals surface area contributed by atoms with Crippen LogP contribution in [0.15, 0.2) is 40.9 Å². The predicted molar refractivity (Wildman–Crippen MR) is 98.0 cm³/mol. The van der Waals surface area contributed by atoms with Crippen LogP contribution in [0.2, 0.25) is 0 Å². The molecule has 0 aromatic heterocycles. The summed E-state index contributed by atoms with van der Waals surface area (Å²) < 4.78 is 6.92. The van der Waals surface area contributed by atoms with Crippen LogP contribution in [-0.4, -0.2) is 5.91 Å². The number of hydrogen-bond donors (Lipinski definition) is 1. The molecule has 0 unspecified atom stereocenters. The minimum atomic E-state index is -0.00273. The fourth-order valence-corrected chi connectivity index (χ4v) is 2.70. The van der Waals surface area contributed by atoms with Gasteiger partial charge in [0.2, 0.25) is 5.91 Å². The maximum Gasteiger partial charge on any atom is 0.224 e. The number of amides is 1. The third kappa shape index (κ3) is 4.83. The van der Waals surface area contributed by atoms with Gasteiger partial charge in [-0.1, -0.05) is 41.9 Å². The van der Waals surface area contributed by atoms with Gasteiger partial charge >= 0.3 is 0 Å². The zero-order chi connectivity index (χ0) is 16.8. The highest BCUT2D eigenvalue weighted by Crippen LogP contribution is 2.25. The average molecular weight is 376 g/mol. The van der Waals surface area contributed by atoms with Gasteiger partial charge in [0.05, 0.1) is 0 Å². The van der Waals surface area contributed by atoms with Gasteiger partial charge in [-0.25, -0.2) is 0 Å². The molecule has 0 bridgehead atoms. The number of nitrogens with one attached hydrogen (secondary N) is 1. The Morgan fingerprint density at radius 3 is 2.61 bits per heavy atom. The molecule has 0 aliphatic heterocycles. The molecular weight excluding hydrogens is 354 g/mol. The molecule has 0 aliphatic carbocycles. The van der Waals surface area contributed by atoms with E-state index in [9.17, 15) is 4.79 Å². The maximum atomic E-state index is 11.7. The summed E-state index contributed by atoms with van der Waals surface area (Å²) in [5.74, 6) is 0.868. The molecule has 4 heteroatoms. The van der Waals surface area contributed by atoms with Crippen molar-refractivity contribution in [3.8, 4) is 5.75 Å². The van der Waals surface area contributed by atoms with Crippen LogP contribution < -0.4 is 10.1 Å². The molecule has 2 rings (SSSR count). The van der Waals surface area contributed by atoms with Crippen LogP contribution in [-0.2, 0) is 17.8 Å². The topological polar surface area (TPSA) is 38.3 Å². The van der Waals surface area contributed by atoms with Gasteiger partial charge in [0.25, 0.3) is 0 Å². The first kappa shape index (κ1) is 17.5. The lowest BCUT2D eigenvalue weighted by molar-refractivity contribution is -0.115. The molecule has 0 spiro atoms. The summed E-state index contributed by atoms with van der Waals surface area (Å²) >= 11 is 3.47. The van der Waals surface area contributed by atoms with E-state index < -0.39 is 0 Å². The van der Waals surface area contributed by atoms with E-state index in [1.165, 1.54) is 5.56 Å². The summed E-state index contributed by atoms with van der Waals surface area (Å²) in [5, 5.41) is 2.92. The molecule has 1 amide bonds. The van der Waals surface area contributed by atoms with Gasteiger partial charge in [-0.3, -0.25) is 4.79 Å². The molecule has 23 heavy (non-hydrogen) atoms. The van der Waals surface area contributed by atoms with Crippen LogP contribution in [0.4, 0.5) is 5.69 Å². The molecule has 1 N–H and O–H groups in total. The van der Waals surface area contributed by atoms with Crippen LogP contribution in [0.3, 0.4) is 0 Å². The molecule has 3 nitrogen and oxygen atoms in total. The van der Waals surface area contributed by atoms with Gasteiger partial charge in [0.15, 0.2) is 0 Å². The van der Waals surface area contributed by atoms with E-state index in [1.807, 2.05) is 31.2 Å². The van der Waals surface area contributed by atoms with E-state index in [4.69, 9.17) is 4.74 Å². The highest BCUT2D eigenvalue weighted by molar-refractivity contribution is 9.10. The molecule has 0 saturated heterocycles. The third-order valence-electron chi connectivity index (χ3n) is 3.69. The van der Waals surface area contributed by atoms with Gasteiger partial charge < -0.3 is 10.1 Å². The normalized spacial score (nSPS) is 10.4. The second kappa shape index (κ2) is 8.16.